The summed E-state index contributed by atoms with van der Waals surface area (Å²) in [4.78, 5) is 30.7. The van der Waals surface area contributed by atoms with Gasteiger partial charge in [0, 0.05) is 31.8 Å². The third-order valence-electron chi connectivity index (χ3n) is 9.26. The van der Waals surface area contributed by atoms with Crippen LogP contribution in [0.25, 0.3) is 21.5 Å². The zero-order valence-corrected chi connectivity index (χ0v) is 22.2. The minimum Gasteiger partial charge on any atom is -0.459 e. The predicted molar refractivity (Wildman–Crippen MR) is 147 cm³/mol. The molecule has 5 nitrogen and oxygen atoms in total. The first kappa shape index (κ1) is 24.6. The number of rotatable bonds is 4. The van der Waals surface area contributed by atoms with Crippen molar-refractivity contribution in [2.24, 2.45) is 5.41 Å². The molecule has 1 N–H and O–H groups in total. The third kappa shape index (κ3) is 4.36. The van der Waals surface area contributed by atoms with Crippen molar-refractivity contribution in [3.8, 4) is 0 Å². The average molecular weight is 500 g/mol. The Bertz CT molecular complexity index is 1290. The first-order chi connectivity index (χ1) is 17.9. The van der Waals surface area contributed by atoms with Crippen molar-refractivity contribution in [2.45, 2.75) is 70.4 Å². The molecule has 0 radical (unpaired) electrons. The molecule has 3 heterocycles. The summed E-state index contributed by atoms with van der Waals surface area (Å²) in [6, 6.07) is 19.1. The summed E-state index contributed by atoms with van der Waals surface area (Å²) in [5, 5.41) is 4.34. The summed E-state index contributed by atoms with van der Waals surface area (Å²) in [6.07, 6.45) is 6.78. The van der Waals surface area contributed by atoms with Gasteiger partial charge in [0.1, 0.15) is 5.60 Å². The van der Waals surface area contributed by atoms with Crippen molar-refractivity contribution in [1.82, 2.24) is 4.90 Å². The van der Waals surface area contributed by atoms with Crippen molar-refractivity contribution < 1.29 is 19.2 Å². The number of cyclic esters (lactones) is 1. The molecule has 0 aromatic heterocycles. The molecule has 2 atom stereocenters. The number of piperidine rings is 2. The van der Waals surface area contributed by atoms with E-state index in [0.717, 1.165) is 103 Å². The second-order valence-corrected chi connectivity index (χ2v) is 12.0. The number of carbonyl (C=O) groups is 2. The van der Waals surface area contributed by atoms with Crippen molar-refractivity contribution in [3.63, 3.8) is 0 Å². The van der Waals surface area contributed by atoms with Gasteiger partial charge in [0.2, 0.25) is 0 Å². The summed E-state index contributed by atoms with van der Waals surface area (Å²) in [5.41, 5.74) is 0.211. The van der Waals surface area contributed by atoms with Gasteiger partial charge in [-0.05, 0) is 60.3 Å². The fraction of sp³-hybridized carbons (Fsp3) is 0.500. The minimum absolute atomic E-state index is 0.0224. The molecule has 0 bridgehead atoms. The summed E-state index contributed by atoms with van der Waals surface area (Å²) in [5.74, 6) is 0.241. The maximum absolute atomic E-state index is 14.0. The van der Waals surface area contributed by atoms with E-state index in [1.165, 1.54) is 0 Å². The van der Waals surface area contributed by atoms with Gasteiger partial charge in [0.05, 0.1) is 24.1 Å². The van der Waals surface area contributed by atoms with Crippen molar-refractivity contribution >= 4 is 33.4 Å². The highest BCUT2D eigenvalue weighted by Crippen LogP contribution is 2.48. The number of nitrogens with one attached hydrogen (secondary N) is 1. The number of quaternary nitrogens is 1. The number of esters is 1. The molecule has 0 aliphatic carbocycles. The summed E-state index contributed by atoms with van der Waals surface area (Å²) in [7, 11) is 0. The van der Waals surface area contributed by atoms with E-state index in [9.17, 15) is 9.59 Å². The molecule has 37 heavy (non-hydrogen) atoms. The van der Waals surface area contributed by atoms with Crippen LogP contribution in [0.4, 0.5) is 0 Å². The Morgan fingerprint density at radius 2 is 1.70 bits per heavy atom. The molecular formula is C32H39N2O3+. The number of hydrogen-bond acceptors (Lipinski definition) is 4. The van der Waals surface area contributed by atoms with E-state index in [2.05, 4.69) is 49.1 Å². The highest BCUT2D eigenvalue weighted by Gasteiger charge is 2.56. The maximum atomic E-state index is 14.0. The van der Waals surface area contributed by atoms with Crippen LogP contribution in [0.3, 0.4) is 0 Å². The molecule has 3 aliphatic rings. The largest absolute Gasteiger partial charge is 0.459 e. The van der Waals surface area contributed by atoms with Crippen molar-refractivity contribution in [2.75, 3.05) is 26.2 Å². The highest BCUT2D eigenvalue weighted by molar-refractivity contribution is 6.15. The fourth-order valence-corrected chi connectivity index (χ4v) is 7.59. The number of hydrogen-bond donors (Lipinski definition) is 1. The Kier molecular flexibility index (Phi) is 6.32. The minimum atomic E-state index is -0.343. The van der Waals surface area contributed by atoms with Crippen molar-refractivity contribution in [1.29, 1.82) is 0 Å². The Hall–Kier alpha value is -2.76. The van der Waals surface area contributed by atoms with Crippen LogP contribution in [-0.2, 0) is 9.53 Å². The summed E-state index contributed by atoms with van der Waals surface area (Å²) in [6.45, 7) is 7.81. The number of likely N-dealkylation sites (tertiary alicyclic amines) is 2. The fourth-order valence-electron chi connectivity index (χ4n) is 7.59. The Morgan fingerprint density at radius 1 is 1.05 bits per heavy atom. The predicted octanol–water partition coefficient (Wildman–Crippen LogP) is 4.77. The molecule has 5 heteroatoms. The van der Waals surface area contributed by atoms with E-state index < -0.39 is 0 Å². The molecule has 6 rings (SSSR count). The first-order valence-corrected chi connectivity index (χ1v) is 14.2. The summed E-state index contributed by atoms with van der Waals surface area (Å²) >= 11 is 0. The Morgan fingerprint density at radius 3 is 2.35 bits per heavy atom. The van der Waals surface area contributed by atoms with Gasteiger partial charge < -0.3 is 4.74 Å². The Balaban J connectivity index is 1.18. The molecule has 3 saturated heterocycles. The standard InChI is InChI=1S/C32H38N2O3/c1-3-15-31(2)21-32(30(36)37-31)16-8-17-34(22-32)25-13-18-33(19-14-25)29(35)28-26-11-6-4-9-23(26)20-24-10-5-7-12-27(24)28/h4-7,9-12,20,25H,3,8,13-19,21-22H2,1-2H3/p+1. The smallest absolute Gasteiger partial charge is 0.345 e. The molecule has 3 aliphatic heterocycles. The lowest BCUT2D eigenvalue weighted by molar-refractivity contribution is -0.820. The van der Waals surface area contributed by atoms with Crippen LogP contribution in [0.15, 0.2) is 54.6 Å². The maximum Gasteiger partial charge on any atom is 0.345 e. The number of fused-ring (bicyclic) bond motifs is 2. The van der Waals surface area contributed by atoms with Crippen LogP contribution in [0.5, 0.6) is 0 Å². The van der Waals surface area contributed by atoms with Crippen LogP contribution < -0.4 is 4.90 Å². The molecule has 194 valence electrons. The number of amides is 1. The van der Waals surface area contributed by atoms with Crippen LogP contribution in [0.2, 0.25) is 0 Å². The van der Waals surface area contributed by atoms with E-state index in [1.54, 1.807) is 0 Å². The van der Waals surface area contributed by atoms with E-state index in [1.807, 2.05) is 24.3 Å². The summed E-state index contributed by atoms with van der Waals surface area (Å²) < 4.78 is 5.97. The second kappa shape index (κ2) is 9.52. The van der Waals surface area contributed by atoms with E-state index in [0.29, 0.717) is 6.04 Å². The molecule has 3 aromatic carbocycles. The van der Waals surface area contributed by atoms with Gasteiger partial charge >= 0.3 is 11.9 Å². The SMILES string of the molecule is CCCC1(C)CC2(CCCN(C3CC[NH+](C(=O)c4c5ccccc5cc5ccccc45)CC3)C2)C(=O)O1. The van der Waals surface area contributed by atoms with Gasteiger partial charge in [-0.25, -0.2) is 4.79 Å². The zero-order chi connectivity index (χ0) is 25.6. The lowest BCUT2D eigenvalue weighted by Gasteiger charge is -2.43. The number of benzene rings is 3. The third-order valence-corrected chi connectivity index (χ3v) is 9.26. The van der Waals surface area contributed by atoms with E-state index >= 15 is 0 Å². The van der Waals surface area contributed by atoms with E-state index in [4.69, 9.17) is 4.74 Å². The van der Waals surface area contributed by atoms with Gasteiger partial charge in [-0.3, -0.25) is 14.6 Å². The number of ether oxygens (including phenoxy) is 1. The average Bonchev–Trinajstić information content (AvgIpc) is 3.15. The molecule has 3 aromatic rings. The van der Waals surface area contributed by atoms with Crippen LogP contribution in [-0.4, -0.2) is 54.6 Å². The lowest BCUT2D eigenvalue weighted by atomic mass is 9.73. The second-order valence-electron chi connectivity index (χ2n) is 12.0. The van der Waals surface area contributed by atoms with Gasteiger partial charge in [0.25, 0.3) is 0 Å². The van der Waals surface area contributed by atoms with Gasteiger partial charge in [0.15, 0.2) is 0 Å². The molecule has 0 saturated carbocycles. The normalized spacial score (nSPS) is 30.7. The van der Waals surface area contributed by atoms with Crippen LogP contribution >= 0.6 is 0 Å². The highest BCUT2D eigenvalue weighted by atomic mass is 16.6. The van der Waals surface area contributed by atoms with Gasteiger partial charge in [-0.15, -0.1) is 0 Å². The van der Waals surface area contributed by atoms with Crippen LogP contribution in [0.1, 0.15) is 69.2 Å². The topological polar surface area (TPSA) is 51.0 Å². The lowest BCUT2D eigenvalue weighted by Crippen LogP contribution is -3.15. The number of carbonyl (C=O) groups excluding carboxylic acids is 2. The quantitative estimate of drug-likeness (QED) is 0.415. The van der Waals surface area contributed by atoms with Gasteiger partial charge in [-0.1, -0.05) is 61.9 Å². The molecule has 1 spiro atoms. The van der Waals surface area contributed by atoms with Gasteiger partial charge in [-0.2, -0.15) is 0 Å². The molecule has 1 amide bonds. The molecular weight excluding hydrogens is 460 g/mol. The number of nitrogens with zero attached hydrogens (tertiary/aromatic N) is 1. The molecule has 3 fully saturated rings. The van der Waals surface area contributed by atoms with Crippen LogP contribution in [0, 0.1) is 5.41 Å². The van der Waals surface area contributed by atoms with E-state index in [-0.39, 0.29) is 22.9 Å². The first-order valence-electron chi connectivity index (χ1n) is 14.2. The monoisotopic (exact) mass is 499 g/mol. The Labute approximate surface area is 219 Å². The zero-order valence-electron chi connectivity index (χ0n) is 22.2. The molecule has 2 unspecified atom stereocenters. The van der Waals surface area contributed by atoms with Crippen molar-refractivity contribution in [3.05, 3.63) is 60.2 Å².